The average Bonchev–Trinajstić information content (AvgIpc) is 2.48. The summed E-state index contributed by atoms with van der Waals surface area (Å²) in [5, 5.41) is 9.27. The standard InChI is InChI=1S/C14H16N4O2/c19-13-5-6-14(20)18(17-13)8-7-12-15-9-10-3-1-2-4-11(10)16-12/h1-6,12,15-16H,7-9H2,(H,17,19)/t12-/m0/s1. The number of anilines is 1. The van der Waals surface area contributed by atoms with Crippen molar-refractivity contribution in [2.24, 2.45) is 0 Å². The van der Waals surface area contributed by atoms with Crippen LogP contribution in [-0.2, 0) is 13.1 Å². The predicted molar refractivity (Wildman–Crippen MR) is 76.6 cm³/mol. The zero-order chi connectivity index (χ0) is 13.9. The maximum atomic E-state index is 11.6. The minimum absolute atomic E-state index is 0.0838. The summed E-state index contributed by atoms with van der Waals surface area (Å²) in [5.41, 5.74) is 1.89. The third-order valence-corrected chi connectivity index (χ3v) is 3.42. The fourth-order valence-electron chi connectivity index (χ4n) is 2.35. The molecule has 0 bridgehead atoms. The van der Waals surface area contributed by atoms with Crippen LogP contribution in [0.2, 0.25) is 0 Å². The molecule has 104 valence electrons. The molecule has 1 aromatic heterocycles. The van der Waals surface area contributed by atoms with Gasteiger partial charge < -0.3 is 5.32 Å². The second-order valence-electron chi connectivity index (χ2n) is 4.82. The number of aromatic nitrogens is 2. The van der Waals surface area contributed by atoms with Gasteiger partial charge in [-0.3, -0.25) is 24.7 Å². The summed E-state index contributed by atoms with van der Waals surface area (Å²) in [6.45, 7) is 1.26. The van der Waals surface area contributed by atoms with Crippen molar-refractivity contribution in [3.05, 3.63) is 62.7 Å². The summed E-state index contributed by atoms with van der Waals surface area (Å²) in [6.07, 6.45) is 0.786. The lowest BCUT2D eigenvalue weighted by atomic mass is 10.1. The lowest BCUT2D eigenvalue weighted by molar-refractivity contribution is 0.444. The van der Waals surface area contributed by atoms with E-state index in [0.717, 1.165) is 12.2 Å². The first-order chi connectivity index (χ1) is 9.72. The molecule has 1 aliphatic rings. The van der Waals surface area contributed by atoms with Crippen LogP contribution < -0.4 is 21.8 Å². The van der Waals surface area contributed by atoms with E-state index in [0.29, 0.717) is 13.0 Å². The average molecular weight is 272 g/mol. The van der Waals surface area contributed by atoms with Crippen molar-refractivity contribution in [1.29, 1.82) is 0 Å². The van der Waals surface area contributed by atoms with Crippen LogP contribution in [0.5, 0.6) is 0 Å². The number of fused-ring (bicyclic) bond motifs is 1. The smallest absolute Gasteiger partial charge is 0.265 e. The maximum Gasteiger partial charge on any atom is 0.265 e. The Morgan fingerprint density at radius 3 is 2.90 bits per heavy atom. The summed E-state index contributed by atoms with van der Waals surface area (Å²) in [4.78, 5) is 22.8. The van der Waals surface area contributed by atoms with E-state index in [-0.39, 0.29) is 17.3 Å². The van der Waals surface area contributed by atoms with Gasteiger partial charge in [-0.2, -0.15) is 0 Å². The van der Waals surface area contributed by atoms with Gasteiger partial charge in [0.1, 0.15) is 0 Å². The molecule has 1 atom stereocenters. The zero-order valence-electron chi connectivity index (χ0n) is 10.9. The summed E-state index contributed by atoms with van der Waals surface area (Å²) < 4.78 is 1.34. The molecule has 0 spiro atoms. The highest BCUT2D eigenvalue weighted by Gasteiger charge is 2.16. The zero-order valence-corrected chi connectivity index (χ0v) is 10.9. The van der Waals surface area contributed by atoms with Gasteiger partial charge in [0.2, 0.25) is 0 Å². The Bertz CT molecular complexity index is 719. The molecule has 3 N–H and O–H groups in total. The number of aromatic amines is 1. The van der Waals surface area contributed by atoms with Crippen molar-refractivity contribution in [3.63, 3.8) is 0 Å². The van der Waals surface area contributed by atoms with Gasteiger partial charge in [-0.1, -0.05) is 18.2 Å². The molecule has 1 aromatic carbocycles. The molecule has 2 heterocycles. The molecule has 1 aliphatic heterocycles. The molecule has 6 heteroatoms. The molecule has 0 aliphatic carbocycles. The minimum atomic E-state index is -0.264. The number of H-pyrrole nitrogens is 1. The van der Waals surface area contributed by atoms with E-state index in [1.807, 2.05) is 18.2 Å². The largest absolute Gasteiger partial charge is 0.369 e. The lowest BCUT2D eigenvalue weighted by Gasteiger charge is -2.28. The maximum absolute atomic E-state index is 11.6. The Labute approximate surface area is 115 Å². The fourth-order valence-corrected chi connectivity index (χ4v) is 2.35. The Morgan fingerprint density at radius 1 is 1.15 bits per heavy atom. The highest BCUT2D eigenvalue weighted by molar-refractivity contribution is 5.53. The summed E-state index contributed by atoms with van der Waals surface area (Å²) in [7, 11) is 0. The molecule has 0 radical (unpaired) electrons. The number of nitrogens with zero attached hydrogens (tertiary/aromatic N) is 1. The second kappa shape index (κ2) is 5.34. The molecule has 0 amide bonds. The van der Waals surface area contributed by atoms with Crippen molar-refractivity contribution in [1.82, 2.24) is 15.1 Å². The van der Waals surface area contributed by atoms with Gasteiger partial charge >= 0.3 is 0 Å². The predicted octanol–water partition coefficient (Wildman–Crippen LogP) is 0.468. The Kier molecular flexibility index (Phi) is 3.39. The monoisotopic (exact) mass is 272 g/mol. The van der Waals surface area contributed by atoms with Gasteiger partial charge in [-0.25, -0.2) is 0 Å². The number of hydrogen-bond donors (Lipinski definition) is 3. The highest BCUT2D eigenvalue weighted by atomic mass is 16.1. The van der Waals surface area contributed by atoms with Gasteiger partial charge in [0, 0.05) is 37.3 Å². The van der Waals surface area contributed by atoms with Gasteiger partial charge in [0.15, 0.2) is 0 Å². The van der Waals surface area contributed by atoms with Gasteiger partial charge in [0.05, 0.1) is 6.17 Å². The van der Waals surface area contributed by atoms with Crippen molar-refractivity contribution >= 4 is 5.69 Å². The van der Waals surface area contributed by atoms with E-state index in [9.17, 15) is 9.59 Å². The molecule has 20 heavy (non-hydrogen) atoms. The van der Waals surface area contributed by atoms with Crippen molar-refractivity contribution in [3.8, 4) is 0 Å². The van der Waals surface area contributed by atoms with Crippen LogP contribution in [-0.4, -0.2) is 15.9 Å². The minimum Gasteiger partial charge on any atom is -0.369 e. The lowest BCUT2D eigenvalue weighted by Crippen LogP contribution is -2.41. The number of para-hydroxylation sites is 1. The Morgan fingerprint density at radius 2 is 2.00 bits per heavy atom. The number of hydrogen-bond acceptors (Lipinski definition) is 4. The van der Waals surface area contributed by atoms with E-state index in [2.05, 4.69) is 21.8 Å². The molecule has 6 nitrogen and oxygen atoms in total. The summed E-state index contributed by atoms with van der Waals surface area (Å²) in [6, 6.07) is 10.6. The van der Waals surface area contributed by atoms with E-state index in [4.69, 9.17) is 0 Å². The fraction of sp³-hybridized carbons (Fsp3) is 0.286. The second-order valence-corrected chi connectivity index (χ2v) is 4.82. The number of aryl methyl sites for hydroxylation is 1. The highest BCUT2D eigenvalue weighted by Crippen LogP contribution is 2.20. The number of nitrogens with one attached hydrogen (secondary N) is 3. The van der Waals surface area contributed by atoms with Crippen molar-refractivity contribution < 1.29 is 0 Å². The van der Waals surface area contributed by atoms with E-state index in [1.165, 1.54) is 22.4 Å². The van der Waals surface area contributed by atoms with Gasteiger partial charge in [-0.15, -0.1) is 0 Å². The summed E-state index contributed by atoms with van der Waals surface area (Å²) >= 11 is 0. The normalized spacial score (nSPS) is 17.3. The molecule has 3 rings (SSSR count). The molecular weight excluding hydrogens is 256 g/mol. The van der Waals surface area contributed by atoms with E-state index >= 15 is 0 Å². The van der Waals surface area contributed by atoms with Crippen molar-refractivity contribution in [2.75, 3.05) is 5.32 Å². The van der Waals surface area contributed by atoms with E-state index in [1.54, 1.807) is 0 Å². The molecule has 2 aromatic rings. The van der Waals surface area contributed by atoms with Gasteiger partial charge in [0.25, 0.3) is 11.1 Å². The Hall–Kier alpha value is -2.34. The first-order valence-corrected chi connectivity index (χ1v) is 6.60. The van der Waals surface area contributed by atoms with Crippen LogP contribution >= 0.6 is 0 Å². The van der Waals surface area contributed by atoms with Crippen LogP contribution in [0.15, 0.2) is 46.0 Å². The molecule has 0 unspecified atom stereocenters. The van der Waals surface area contributed by atoms with Crippen LogP contribution in [0.25, 0.3) is 0 Å². The molecular formula is C14H16N4O2. The Balaban J connectivity index is 1.67. The van der Waals surface area contributed by atoms with E-state index < -0.39 is 0 Å². The van der Waals surface area contributed by atoms with Crippen molar-refractivity contribution in [2.45, 2.75) is 25.7 Å². The molecule has 0 fully saturated rings. The third kappa shape index (κ3) is 2.65. The summed E-state index contributed by atoms with van der Waals surface area (Å²) in [5.74, 6) is 0. The number of rotatable bonds is 3. The SMILES string of the molecule is O=c1ccc(=O)n(CC[C@H]2NCc3ccccc3N2)[nH]1. The van der Waals surface area contributed by atoms with Crippen LogP contribution in [0.4, 0.5) is 5.69 Å². The molecule has 0 saturated carbocycles. The van der Waals surface area contributed by atoms with Crippen LogP contribution in [0.3, 0.4) is 0 Å². The van der Waals surface area contributed by atoms with Crippen LogP contribution in [0, 0.1) is 0 Å². The first kappa shape index (κ1) is 12.7. The van der Waals surface area contributed by atoms with Crippen LogP contribution in [0.1, 0.15) is 12.0 Å². The first-order valence-electron chi connectivity index (χ1n) is 6.60. The third-order valence-electron chi connectivity index (χ3n) is 3.42. The number of benzene rings is 1. The molecule has 0 saturated heterocycles. The quantitative estimate of drug-likeness (QED) is 0.759. The van der Waals surface area contributed by atoms with Gasteiger partial charge in [-0.05, 0) is 11.6 Å². The topological polar surface area (TPSA) is 78.9 Å².